The van der Waals surface area contributed by atoms with Crippen molar-refractivity contribution in [2.45, 2.75) is 57.9 Å². The first-order valence-electron chi connectivity index (χ1n) is 10.5. The number of aliphatic hydroxyl groups excluding tert-OH is 1. The number of amides is 1. The monoisotopic (exact) mass is 442 g/mol. The van der Waals surface area contributed by atoms with E-state index in [2.05, 4.69) is 9.88 Å². The summed E-state index contributed by atoms with van der Waals surface area (Å²) < 4.78 is 11.8. The largest absolute Gasteiger partial charge is 0.444 e. The molecule has 1 amide bonds. The van der Waals surface area contributed by atoms with Crippen LogP contribution in [0.25, 0.3) is 21.7 Å². The third-order valence-electron chi connectivity index (χ3n) is 5.71. The molecule has 3 aliphatic rings. The van der Waals surface area contributed by atoms with E-state index in [0.717, 1.165) is 22.6 Å². The van der Waals surface area contributed by atoms with Crippen molar-refractivity contribution in [3.05, 3.63) is 29.3 Å². The van der Waals surface area contributed by atoms with Crippen molar-refractivity contribution in [3.63, 3.8) is 0 Å². The molecule has 8 nitrogen and oxygen atoms in total. The summed E-state index contributed by atoms with van der Waals surface area (Å²) in [4.78, 5) is 25.6. The Kier molecular flexibility index (Phi) is 4.71. The van der Waals surface area contributed by atoms with Gasteiger partial charge in [0.15, 0.2) is 5.58 Å². The summed E-state index contributed by atoms with van der Waals surface area (Å²) in [6.07, 6.45) is 1.85. The van der Waals surface area contributed by atoms with E-state index in [-0.39, 0.29) is 18.2 Å². The van der Waals surface area contributed by atoms with Crippen LogP contribution in [0.1, 0.15) is 45.8 Å². The molecule has 0 saturated carbocycles. The Balaban J connectivity index is 1.42. The fraction of sp³-hybridized carbons (Fsp3) is 0.500. The standard InChI is InChI=1S/C22H26N4O4S/c1-12(27)13-7-16(19-23-5-6-31-19)18-17(8-13)24-20(29-18)25-10-14-9-15(11-25)26(14)21(28)30-22(2,3)4/h5-8,12,14-15,27H,9-11H2,1-4H3. The highest BCUT2D eigenvalue weighted by atomic mass is 32.1. The highest BCUT2D eigenvalue weighted by Gasteiger charge is 2.49. The summed E-state index contributed by atoms with van der Waals surface area (Å²) in [5.41, 5.74) is 2.46. The van der Waals surface area contributed by atoms with Crippen molar-refractivity contribution >= 4 is 34.5 Å². The number of hydrogen-bond donors (Lipinski definition) is 1. The Hall–Kier alpha value is -2.65. The number of oxazole rings is 1. The molecule has 3 saturated heterocycles. The molecule has 6 rings (SSSR count). The maximum Gasteiger partial charge on any atom is 0.410 e. The summed E-state index contributed by atoms with van der Waals surface area (Å²) in [5.74, 6) is 0. The highest BCUT2D eigenvalue weighted by molar-refractivity contribution is 7.13. The number of nitrogens with zero attached hydrogens (tertiary/aromatic N) is 4. The first kappa shape index (κ1) is 20.3. The lowest BCUT2D eigenvalue weighted by molar-refractivity contribution is -0.0386. The van der Waals surface area contributed by atoms with Gasteiger partial charge in [-0.3, -0.25) is 4.90 Å². The predicted octanol–water partition coefficient (Wildman–Crippen LogP) is 4.20. The Bertz CT molecular complexity index is 1110. The molecule has 3 unspecified atom stereocenters. The fourth-order valence-corrected chi connectivity index (χ4v) is 4.96. The van der Waals surface area contributed by atoms with Gasteiger partial charge in [0.1, 0.15) is 16.1 Å². The Morgan fingerprint density at radius 2 is 2.06 bits per heavy atom. The third kappa shape index (κ3) is 3.65. The quantitative estimate of drug-likeness (QED) is 0.650. The number of piperidine rings is 1. The van der Waals surface area contributed by atoms with Crippen LogP contribution in [0.2, 0.25) is 0 Å². The lowest BCUT2D eigenvalue weighted by Gasteiger charge is -2.55. The molecule has 3 fully saturated rings. The molecule has 5 heterocycles. The number of aromatic nitrogens is 2. The van der Waals surface area contributed by atoms with Crippen molar-refractivity contribution in [2.75, 3.05) is 18.0 Å². The van der Waals surface area contributed by atoms with E-state index < -0.39 is 11.7 Å². The average molecular weight is 443 g/mol. The smallest absolute Gasteiger partial charge is 0.410 e. The molecule has 31 heavy (non-hydrogen) atoms. The van der Waals surface area contributed by atoms with Gasteiger partial charge in [-0.05, 0) is 51.8 Å². The van der Waals surface area contributed by atoms with Crippen LogP contribution in [0, 0.1) is 0 Å². The van der Waals surface area contributed by atoms with E-state index >= 15 is 0 Å². The van der Waals surface area contributed by atoms with E-state index in [1.807, 2.05) is 43.2 Å². The molecule has 3 atom stereocenters. The number of ether oxygens (including phenoxy) is 1. The van der Waals surface area contributed by atoms with E-state index in [4.69, 9.17) is 14.1 Å². The number of piperazine rings is 1. The van der Waals surface area contributed by atoms with Crippen molar-refractivity contribution in [1.82, 2.24) is 14.9 Å². The zero-order valence-corrected chi connectivity index (χ0v) is 18.8. The van der Waals surface area contributed by atoms with E-state index in [1.54, 1.807) is 13.1 Å². The van der Waals surface area contributed by atoms with Crippen LogP contribution in [0.4, 0.5) is 10.8 Å². The predicted molar refractivity (Wildman–Crippen MR) is 118 cm³/mol. The van der Waals surface area contributed by atoms with Gasteiger partial charge in [-0.2, -0.15) is 4.98 Å². The van der Waals surface area contributed by atoms with E-state index in [9.17, 15) is 9.90 Å². The first-order valence-corrected chi connectivity index (χ1v) is 11.4. The Morgan fingerprint density at radius 1 is 1.32 bits per heavy atom. The molecule has 3 aliphatic heterocycles. The normalized spacial score (nSPS) is 21.8. The van der Waals surface area contributed by atoms with Crippen LogP contribution in [0.15, 0.2) is 28.1 Å². The number of anilines is 1. The second-order valence-corrected chi connectivity index (χ2v) is 10.2. The lowest BCUT2D eigenvalue weighted by atomic mass is 9.88. The maximum atomic E-state index is 12.5. The number of aliphatic hydroxyl groups is 1. The van der Waals surface area contributed by atoms with Crippen molar-refractivity contribution in [2.24, 2.45) is 0 Å². The summed E-state index contributed by atoms with van der Waals surface area (Å²) in [6.45, 7) is 8.68. The van der Waals surface area contributed by atoms with Gasteiger partial charge in [0.2, 0.25) is 0 Å². The summed E-state index contributed by atoms with van der Waals surface area (Å²) >= 11 is 1.52. The van der Waals surface area contributed by atoms with Gasteiger partial charge in [0, 0.05) is 24.7 Å². The third-order valence-corrected chi connectivity index (χ3v) is 6.52. The van der Waals surface area contributed by atoms with Gasteiger partial charge >= 0.3 is 6.09 Å². The molecule has 0 spiro atoms. The summed E-state index contributed by atoms with van der Waals surface area (Å²) in [7, 11) is 0. The first-order chi connectivity index (χ1) is 14.7. The number of rotatable bonds is 3. The molecule has 1 aromatic carbocycles. The summed E-state index contributed by atoms with van der Waals surface area (Å²) in [6, 6.07) is 4.50. The molecule has 1 N–H and O–H groups in total. The number of fused-ring (bicyclic) bond motifs is 3. The van der Waals surface area contributed by atoms with Gasteiger partial charge in [0.25, 0.3) is 6.01 Å². The molecule has 0 radical (unpaired) electrons. The molecule has 0 aliphatic carbocycles. The highest BCUT2D eigenvalue weighted by Crippen LogP contribution is 2.39. The minimum absolute atomic E-state index is 0.0927. The van der Waals surface area contributed by atoms with Gasteiger partial charge in [-0.15, -0.1) is 11.3 Å². The molecular weight excluding hydrogens is 416 g/mol. The van der Waals surface area contributed by atoms with Crippen LogP contribution in [0.3, 0.4) is 0 Å². The van der Waals surface area contributed by atoms with Crippen molar-refractivity contribution < 1.29 is 19.1 Å². The number of thiazole rings is 1. The molecule has 2 aromatic heterocycles. The number of carbonyl (C=O) groups excluding carboxylic acids is 1. The van der Waals surface area contributed by atoms with Crippen LogP contribution in [-0.2, 0) is 4.74 Å². The fourth-order valence-electron chi connectivity index (χ4n) is 4.31. The minimum atomic E-state index is -0.617. The molecule has 9 heteroatoms. The second kappa shape index (κ2) is 7.20. The van der Waals surface area contributed by atoms with Crippen molar-refractivity contribution in [3.8, 4) is 10.6 Å². The summed E-state index contributed by atoms with van der Waals surface area (Å²) in [5, 5.41) is 12.9. The van der Waals surface area contributed by atoms with Crippen LogP contribution >= 0.6 is 11.3 Å². The van der Waals surface area contributed by atoms with E-state index in [0.29, 0.717) is 30.2 Å². The second-order valence-electron chi connectivity index (χ2n) is 9.26. The maximum absolute atomic E-state index is 12.5. The zero-order valence-electron chi connectivity index (χ0n) is 18.0. The Morgan fingerprint density at radius 3 is 2.68 bits per heavy atom. The topological polar surface area (TPSA) is 91.9 Å². The zero-order chi connectivity index (χ0) is 21.9. The lowest BCUT2D eigenvalue weighted by Crippen LogP contribution is -2.70. The number of benzene rings is 1. The van der Waals surface area contributed by atoms with Crippen LogP contribution in [-0.4, -0.2) is 56.8 Å². The van der Waals surface area contributed by atoms with Gasteiger partial charge < -0.3 is 19.2 Å². The molecular formula is C22H26N4O4S. The Labute approximate surface area is 184 Å². The van der Waals surface area contributed by atoms with Gasteiger partial charge in [0.05, 0.1) is 23.8 Å². The molecule has 2 bridgehead atoms. The van der Waals surface area contributed by atoms with Crippen molar-refractivity contribution in [1.29, 1.82) is 0 Å². The van der Waals surface area contributed by atoms with E-state index in [1.165, 1.54) is 11.3 Å². The number of hydrogen-bond acceptors (Lipinski definition) is 8. The van der Waals surface area contributed by atoms with Gasteiger partial charge in [-0.1, -0.05) is 0 Å². The van der Waals surface area contributed by atoms with Gasteiger partial charge in [-0.25, -0.2) is 9.78 Å². The molecule has 164 valence electrons. The van der Waals surface area contributed by atoms with Crippen LogP contribution < -0.4 is 4.90 Å². The number of carbonyl (C=O) groups is 1. The SMILES string of the molecule is CC(O)c1cc(-c2nccs2)c2oc(N3CC4CC(C3)N4C(=O)OC(C)(C)C)nc2c1. The molecule has 3 aromatic rings. The average Bonchev–Trinajstić information content (AvgIpc) is 3.35. The van der Waals surface area contributed by atoms with Crippen LogP contribution in [0.5, 0.6) is 0 Å². The minimum Gasteiger partial charge on any atom is -0.444 e.